The van der Waals surface area contributed by atoms with Crippen molar-refractivity contribution in [2.75, 3.05) is 19.0 Å². The first kappa shape index (κ1) is 13.4. The van der Waals surface area contributed by atoms with Gasteiger partial charge in [0, 0.05) is 32.9 Å². The van der Waals surface area contributed by atoms with Crippen molar-refractivity contribution in [2.45, 2.75) is 26.1 Å². The molecule has 0 aliphatic heterocycles. The molecule has 1 atom stereocenters. The standard InChI is InChI=1S/C12H19N7/c1-10(7-19-9-13-8-16-19)15-6-11-4-5-14-12(17-11)18(2)3/h4-5,8-10,15H,6-7H2,1-3H3. The molecule has 2 heterocycles. The molecule has 2 aromatic rings. The van der Waals surface area contributed by atoms with Crippen LogP contribution in [0.25, 0.3) is 0 Å². The molecule has 0 bridgehead atoms. The van der Waals surface area contributed by atoms with Gasteiger partial charge < -0.3 is 10.2 Å². The highest BCUT2D eigenvalue weighted by Gasteiger charge is 2.05. The first-order chi connectivity index (χ1) is 9.15. The Morgan fingerprint density at radius 1 is 1.42 bits per heavy atom. The van der Waals surface area contributed by atoms with Crippen LogP contribution in [0.5, 0.6) is 0 Å². The van der Waals surface area contributed by atoms with Gasteiger partial charge in [-0.3, -0.25) is 4.68 Å². The van der Waals surface area contributed by atoms with Crippen LogP contribution in [0, 0.1) is 0 Å². The smallest absolute Gasteiger partial charge is 0.225 e. The lowest BCUT2D eigenvalue weighted by Gasteiger charge is -2.14. The normalized spacial score (nSPS) is 12.4. The van der Waals surface area contributed by atoms with Crippen molar-refractivity contribution in [1.29, 1.82) is 0 Å². The van der Waals surface area contributed by atoms with Crippen molar-refractivity contribution >= 4 is 5.95 Å². The molecule has 0 aliphatic carbocycles. The topological polar surface area (TPSA) is 71.8 Å². The zero-order valence-electron chi connectivity index (χ0n) is 11.5. The third-order valence-electron chi connectivity index (χ3n) is 2.66. The lowest BCUT2D eigenvalue weighted by molar-refractivity contribution is 0.447. The number of hydrogen-bond donors (Lipinski definition) is 1. The lowest BCUT2D eigenvalue weighted by Crippen LogP contribution is -2.30. The second-order valence-electron chi connectivity index (χ2n) is 4.64. The fourth-order valence-corrected chi connectivity index (χ4v) is 1.65. The molecule has 7 heteroatoms. The molecule has 2 aromatic heterocycles. The van der Waals surface area contributed by atoms with Crippen LogP contribution in [0.3, 0.4) is 0 Å². The van der Waals surface area contributed by atoms with Gasteiger partial charge in [-0.15, -0.1) is 0 Å². The maximum Gasteiger partial charge on any atom is 0.225 e. The summed E-state index contributed by atoms with van der Waals surface area (Å²) in [5.74, 6) is 0.725. The number of rotatable bonds is 6. The predicted octanol–water partition coefficient (Wildman–Crippen LogP) is 0.312. The van der Waals surface area contributed by atoms with E-state index in [4.69, 9.17) is 0 Å². The van der Waals surface area contributed by atoms with Crippen molar-refractivity contribution in [3.63, 3.8) is 0 Å². The van der Waals surface area contributed by atoms with Crippen LogP contribution in [-0.2, 0) is 13.1 Å². The predicted molar refractivity (Wildman–Crippen MR) is 72.7 cm³/mol. The van der Waals surface area contributed by atoms with Gasteiger partial charge in [0.25, 0.3) is 0 Å². The van der Waals surface area contributed by atoms with Gasteiger partial charge in [0.1, 0.15) is 12.7 Å². The Labute approximate surface area is 112 Å². The van der Waals surface area contributed by atoms with Crippen LogP contribution >= 0.6 is 0 Å². The average molecular weight is 261 g/mol. The fraction of sp³-hybridized carbons (Fsp3) is 0.500. The second-order valence-corrected chi connectivity index (χ2v) is 4.64. The monoisotopic (exact) mass is 261 g/mol. The van der Waals surface area contributed by atoms with Crippen molar-refractivity contribution < 1.29 is 0 Å². The first-order valence-electron chi connectivity index (χ1n) is 6.20. The van der Waals surface area contributed by atoms with E-state index in [1.54, 1.807) is 18.9 Å². The highest BCUT2D eigenvalue weighted by Crippen LogP contribution is 2.03. The third-order valence-corrected chi connectivity index (χ3v) is 2.66. The number of nitrogens with zero attached hydrogens (tertiary/aromatic N) is 6. The van der Waals surface area contributed by atoms with Crippen molar-refractivity contribution in [3.8, 4) is 0 Å². The zero-order chi connectivity index (χ0) is 13.7. The van der Waals surface area contributed by atoms with Crippen LogP contribution in [0.2, 0.25) is 0 Å². The van der Waals surface area contributed by atoms with Gasteiger partial charge in [0.05, 0.1) is 12.2 Å². The SMILES string of the molecule is CC(Cn1cncn1)NCc1ccnc(N(C)C)n1. The fourth-order valence-electron chi connectivity index (χ4n) is 1.65. The molecule has 19 heavy (non-hydrogen) atoms. The van der Waals surface area contributed by atoms with Crippen molar-refractivity contribution in [1.82, 2.24) is 30.0 Å². The van der Waals surface area contributed by atoms with Gasteiger partial charge in [-0.25, -0.2) is 15.0 Å². The van der Waals surface area contributed by atoms with Crippen LogP contribution in [0.4, 0.5) is 5.95 Å². The maximum atomic E-state index is 4.46. The summed E-state index contributed by atoms with van der Waals surface area (Å²) in [7, 11) is 3.86. The summed E-state index contributed by atoms with van der Waals surface area (Å²) in [4.78, 5) is 14.5. The van der Waals surface area contributed by atoms with Gasteiger partial charge in [0.15, 0.2) is 0 Å². The second kappa shape index (κ2) is 6.24. The summed E-state index contributed by atoms with van der Waals surface area (Å²) in [5, 5.41) is 7.49. The minimum atomic E-state index is 0.291. The van der Waals surface area contributed by atoms with E-state index >= 15 is 0 Å². The molecular formula is C12H19N7. The third kappa shape index (κ3) is 3.99. The van der Waals surface area contributed by atoms with Gasteiger partial charge in [-0.2, -0.15) is 5.10 Å². The molecule has 0 aromatic carbocycles. The molecule has 2 rings (SSSR count). The summed E-state index contributed by atoms with van der Waals surface area (Å²) in [6.07, 6.45) is 5.04. The number of hydrogen-bond acceptors (Lipinski definition) is 6. The molecule has 0 fully saturated rings. The summed E-state index contributed by atoms with van der Waals surface area (Å²) >= 11 is 0. The van der Waals surface area contributed by atoms with Crippen LogP contribution in [0.15, 0.2) is 24.9 Å². The molecule has 0 amide bonds. The highest BCUT2D eigenvalue weighted by atomic mass is 15.3. The molecule has 0 aliphatic rings. The number of aromatic nitrogens is 5. The summed E-state index contributed by atoms with van der Waals surface area (Å²) < 4.78 is 1.81. The van der Waals surface area contributed by atoms with E-state index in [0.29, 0.717) is 12.6 Å². The van der Waals surface area contributed by atoms with E-state index in [2.05, 4.69) is 32.3 Å². The van der Waals surface area contributed by atoms with Crippen molar-refractivity contribution in [3.05, 3.63) is 30.6 Å². The quantitative estimate of drug-likeness (QED) is 0.807. The van der Waals surface area contributed by atoms with Crippen LogP contribution in [0.1, 0.15) is 12.6 Å². The molecule has 102 valence electrons. The van der Waals surface area contributed by atoms with Crippen LogP contribution in [-0.4, -0.2) is 44.9 Å². The number of nitrogens with one attached hydrogen (secondary N) is 1. The van der Waals surface area contributed by atoms with E-state index < -0.39 is 0 Å². The molecule has 7 nitrogen and oxygen atoms in total. The van der Waals surface area contributed by atoms with Crippen LogP contribution < -0.4 is 10.2 Å². The maximum absolute atomic E-state index is 4.46. The zero-order valence-corrected chi connectivity index (χ0v) is 11.5. The summed E-state index contributed by atoms with van der Waals surface area (Å²) in [5.41, 5.74) is 0.976. The Balaban J connectivity index is 1.86. The minimum absolute atomic E-state index is 0.291. The summed E-state index contributed by atoms with van der Waals surface area (Å²) in [6, 6.07) is 2.21. The van der Waals surface area contributed by atoms with E-state index in [1.807, 2.05) is 29.7 Å². The number of anilines is 1. The average Bonchev–Trinajstić information content (AvgIpc) is 2.89. The minimum Gasteiger partial charge on any atom is -0.347 e. The Hall–Kier alpha value is -2.02. The molecule has 1 N–H and O–H groups in total. The first-order valence-corrected chi connectivity index (χ1v) is 6.20. The van der Waals surface area contributed by atoms with Gasteiger partial charge in [0.2, 0.25) is 5.95 Å². The molecule has 0 saturated heterocycles. The summed E-state index contributed by atoms with van der Waals surface area (Å²) in [6.45, 7) is 3.60. The van der Waals surface area contributed by atoms with E-state index in [9.17, 15) is 0 Å². The highest BCUT2D eigenvalue weighted by molar-refractivity contribution is 5.26. The molecule has 0 radical (unpaired) electrons. The lowest BCUT2D eigenvalue weighted by atomic mass is 10.3. The molecular weight excluding hydrogens is 242 g/mol. The van der Waals surface area contributed by atoms with E-state index in [0.717, 1.165) is 18.2 Å². The molecule has 0 spiro atoms. The molecule has 1 unspecified atom stereocenters. The van der Waals surface area contributed by atoms with Crippen molar-refractivity contribution in [2.24, 2.45) is 0 Å². The Kier molecular flexibility index (Phi) is 4.40. The van der Waals surface area contributed by atoms with E-state index in [-0.39, 0.29) is 0 Å². The Morgan fingerprint density at radius 2 is 2.26 bits per heavy atom. The van der Waals surface area contributed by atoms with Gasteiger partial charge in [-0.1, -0.05) is 0 Å². The van der Waals surface area contributed by atoms with Gasteiger partial charge in [-0.05, 0) is 13.0 Å². The largest absolute Gasteiger partial charge is 0.347 e. The molecule has 0 saturated carbocycles. The Bertz CT molecular complexity index is 495. The Morgan fingerprint density at radius 3 is 2.95 bits per heavy atom. The van der Waals surface area contributed by atoms with E-state index in [1.165, 1.54) is 0 Å². The van der Waals surface area contributed by atoms with Gasteiger partial charge >= 0.3 is 0 Å².